The molecule has 0 amide bonds. The smallest absolute Gasteiger partial charge is 0.288 e. The van der Waals surface area contributed by atoms with Gasteiger partial charge in [0, 0.05) is 18.3 Å². The second kappa shape index (κ2) is 6.77. The molecule has 2 unspecified atom stereocenters. The molecule has 3 aromatic rings. The van der Waals surface area contributed by atoms with Gasteiger partial charge < -0.3 is 0 Å². The lowest BCUT2D eigenvalue weighted by Gasteiger charge is -2.31. The maximum atomic E-state index is 13.7. The van der Waals surface area contributed by atoms with Crippen LogP contribution in [0.2, 0.25) is 5.02 Å². The summed E-state index contributed by atoms with van der Waals surface area (Å²) in [5.74, 6) is -0.704. The highest BCUT2D eigenvalue weighted by molar-refractivity contribution is 7.90. The monoisotopic (exact) mass is 420 g/mol. The molecular formula is C16H13ClF4N4OS. The van der Waals surface area contributed by atoms with E-state index in [4.69, 9.17) is 16.4 Å². The van der Waals surface area contributed by atoms with Crippen molar-refractivity contribution in [3.05, 3.63) is 65.2 Å². The van der Waals surface area contributed by atoms with Crippen LogP contribution in [-0.4, -0.2) is 31.1 Å². The summed E-state index contributed by atoms with van der Waals surface area (Å²) in [6.07, 6.45) is -2.89. The van der Waals surface area contributed by atoms with Gasteiger partial charge in [-0.05, 0) is 29.8 Å². The first kappa shape index (κ1) is 19.6. The fourth-order valence-electron chi connectivity index (χ4n) is 2.68. The average molecular weight is 421 g/mol. The highest BCUT2D eigenvalue weighted by atomic mass is 35.5. The quantitative estimate of drug-likeness (QED) is 0.623. The zero-order chi connectivity index (χ0) is 20.0. The Morgan fingerprint density at radius 1 is 1.22 bits per heavy atom. The third-order valence-corrected chi connectivity index (χ3v) is 6.13. The van der Waals surface area contributed by atoms with Crippen LogP contribution < -0.4 is 0 Å². The summed E-state index contributed by atoms with van der Waals surface area (Å²) in [7, 11) is -3.23. The van der Waals surface area contributed by atoms with Crippen molar-refractivity contribution in [2.45, 2.75) is 17.2 Å². The Balaban J connectivity index is 2.13. The summed E-state index contributed by atoms with van der Waals surface area (Å²) < 4.78 is 77.4. The first-order valence-electron chi connectivity index (χ1n) is 7.48. The highest BCUT2D eigenvalue weighted by Crippen LogP contribution is 2.40. The standard InChI is InChI=1S/C16H13ClF4N4OS/c1-24(15(16(19,20)21)10-2-4-11(17)5-3-10)27(22,26)14-8-23-13-7-6-12(18)9-25(13)14/h2-9,15,22H,1H3. The number of halogens is 5. The number of hydrogen-bond acceptors (Lipinski definition) is 3. The van der Waals surface area contributed by atoms with Gasteiger partial charge >= 0.3 is 6.18 Å². The largest absolute Gasteiger partial charge is 0.409 e. The zero-order valence-corrected chi connectivity index (χ0v) is 15.3. The first-order valence-corrected chi connectivity index (χ1v) is 9.37. The summed E-state index contributed by atoms with van der Waals surface area (Å²) in [6, 6.07) is 4.90. The molecule has 0 spiro atoms. The number of hydrogen-bond donors (Lipinski definition) is 1. The number of fused-ring (bicyclic) bond motifs is 1. The molecule has 3 rings (SSSR count). The summed E-state index contributed by atoms with van der Waals surface area (Å²) >= 11 is 5.73. The van der Waals surface area contributed by atoms with E-state index < -0.39 is 28.0 Å². The van der Waals surface area contributed by atoms with E-state index in [1.807, 2.05) is 0 Å². The number of nitrogens with zero attached hydrogens (tertiary/aromatic N) is 3. The molecule has 0 fully saturated rings. The van der Waals surface area contributed by atoms with Crippen molar-refractivity contribution < 1.29 is 21.8 Å². The molecule has 0 bridgehead atoms. The Hall–Kier alpha value is -2.17. The van der Waals surface area contributed by atoms with E-state index >= 15 is 0 Å². The van der Waals surface area contributed by atoms with E-state index in [9.17, 15) is 21.8 Å². The Morgan fingerprint density at radius 2 is 1.85 bits per heavy atom. The van der Waals surface area contributed by atoms with E-state index in [1.165, 1.54) is 18.2 Å². The molecule has 0 aliphatic heterocycles. The lowest BCUT2D eigenvalue weighted by molar-refractivity contribution is -0.170. The van der Waals surface area contributed by atoms with Gasteiger partial charge in [-0.2, -0.15) is 17.5 Å². The second-order valence-electron chi connectivity index (χ2n) is 5.74. The molecule has 2 aromatic heterocycles. The number of pyridine rings is 1. The van der Waals surface area contributed by atoms with Gasteiger partial charge in [0.25, 0.3) is 0 Å². The van der Waals surface area contributed by atoms with Crippen LogP contribution >= 0.6 is 11.6 Å². The third-order valence-electron chi connectivity index (χ3n) is 3.98. The molecule has 0 aliphatic carbocycles. The van der Waals surface area contributed by atoms with Gasteiger partial charge in [-0.1, -0.05) is 23.7 Å². The van der Waals surface area contributed by atoms with Gasteiger partial charge in [0.1, 0.15) is 17.5 Å². The molecular weight excluding hydrogens is 408 g/mol. The normalized spacial score (nSPS) is 15.8. The number of aromatic nitrogens is 2. The fraction of sp³-hybridized carbons (Fsp3) is 0.188. The van der Waals surface area contributed by atoms with Gasteiger partial charge in [-0.15, -0.1) is 0 Å². The van der Waals surface area contributed by atoms with Crippen molar-refractivity contribution in [3.63, 3.8) is 0 Å². The van der Waals surface area contributed by atoms with Gasteiger partial charge in [-0.25, -0.2) is 18.4 Å². The van der Waals surface area contributed by atoms with Crippen LogP contribution in [0.4, 0.5) is 17.6 Å². The van der Waals surface area contributed by atoms with E-state index in [0.717, 1.165) is 42.0 Å². The van der Waals surface area contributed by atoms with Crippen molar-refractivity contribution >= 4 is 27.2 Å². The maximum absolute atomic E-state index is 13.7. The number of imidazole rings is 1. The van der Waals surface area contributed by atoms with E-state index in [1.54, 1.807) is 0 Å². The average Bonchev–Trinajstić information content (AvgIpc) is 2.99. The Labute approximate surface area is 157 Å². The lowest BCUT2D eigenvalue weighted by Crippen LogP contribution is -2.39. The van der Waals surface area contributed by atoms with Crippen molar-refractivity contribution in [1.29, 1.82) is 4.78 Å². The first-order chi connectivity index (χ1) is 12.5. The van der Waals surface area contributed by atoms with Crippen molar-refractivity contribution in [1.82, 2.24) is 13.7 Å². The number of rotatable bonds is 4. The van der Waals surface area contributed by atoms with E-state index in [2.05, 4.69) is 4.98 Å². The molecule has 1 aromatic carbocycles. The molecule has 1 N–H and O–H groups in total. The fourth-order valence-corrected chi connectivity index (χ4v) is 4.25. The summed E-state index contributed by atoms with van der Waals surface area (Å²) in [4.78, 5) is 3.89. The predicted octanol–water partition coefficient (Wildman–Crippen LogP) is 4.68. The minimum atomic E-state index is -4.82. The third kappa shape index (κ3) is 3.64. The van der Waals surface area contributed by atoms with Gasteiger partial charge in [0.2, 0.25) is 0 Å². The number of nitrogens with one attached hydrogen (secondary N) is 1. The van der Waals surface area contributed by atoms with Crippen LogP contribution in [0.15, 0.2) is 53.8 Å². The van der Waals surface area contributed by atoms with Crippen LogP contribution in [0.25, 0.3) is 5.65 Å². The summed E-state index contributed by atoms with van der Waals surface area (Å²) in [5.41, 5.74) is -0.0656. The Bertz CT molecular complexity index is 1080. The Kier molecular flexibility index (Phi) is 4.91. The predicted molar refractivity (Wildman–Crippen MR) is 92.3 cm³/mol. The Morgan fingerprint density at radius 3 is 2.44 bits per heavy atom. The van der Waals surface area contributed by atoms with Crippen LogP contribution in [0.5, 0.6) is 0 Å². The molecule has 2 atom stereocenters. The molecule has 11 heteroatoms. The number of alkyl halides is 3. The van der Waals surface area contributed by atoms with Crippen LogP contribution in [0.1, 0.15) is 11.6 Å². The van der Waals surface area contributed by atoms with Crippen LogP contribution in [0, 0.1) is 10.6 Å². The van der Waals surface area contributed by atoms with Crippen molar-refractivity contribution in [2.75, 3.05) is 7.05 Å². The van der Waals surface area contributed by atoms with Gasteiger partial charge in [0.15, 0.2) is 14.9 Å². The molecule has 0 saturated carbocycles. The molecule has 5 nitrogen and oxygen atoms in total. The topological polar surface area (TPSA) is 61.5 Å². The molecule has 0 saturated heterocycles. The SMILES string of the molecule is CN(C(c1ccc(Cl)cc1)C(F)(F)F)S(=N)(=O)c1cnc2ccc(F)cn12. The molecule has 144 valence electrons. The highest BCUT2D eigenvalue weighted by Gasteiger charge is 2.47. The minimum Gasteiger partial charge on any atom is -0.288 e. The molecule has 0 radical (unpaired) electrons. The van der Waals surface area contributed by atoms with E-state index in [-0.39, 0.29) is 21.3 Å². The zero-order valence-electron chi connectivity index (χ0n) is 13.7. The lowest BCUT2D eigenvalue weighted by atomic mass is 10.1. The maximum Gasteiger partial charge on any atom is 0.409 e. The van der Waals surface area contributed by atoms with Crippen molar-refractivity contribution in [2.24, 2.45) is 0 Å². The van der Waals surface area contributed by atoms with Crippen LogP contribution in [-0.2, 0) is 9.92 Å². The van der Waals surface area contributed by atoms with Gasteiger partial charge in [0.05, 0.1) is 6.20 Å². The van der Waals surface area contributed by atoms with Gasteiger partial charge in [-0.3, -0.25) is 4.40 Å². The molecule has 27 heavy (non-hydrogen) atoms. The van der Waals surface area contributed by atoms with E-state index in [0.29, 0.717) is 4.31 Å². The van der Waals surface area contributed by atoms with Crippen LogP contribution in [0.3, 0.4) is 0 Å². The molecule has 0 aliphatic rings. The second-order valence-corrected chi connectivity index (χ2v) is 8.22. The summed E-state index contributed by atoms with van der Waals surface area (Å²) in [6.45, 7) is 0. The molecule has 2 heterocycles. The van der Waals surface area contributed by atoms with Crippen molar-refractivity contribution in [3.8, 4) is 0 Å². The minimum absolute atomic E-state index is 0.162. The summed E-state index contributed by atoms with van der Waals surface area (Å²) in [5, 5.41) is -0.117. The number of benzene rings is 1.